The number of anilines is 1. The van der Waals surface area contributed by atoms with Crippen molar-refractivity contribution in [2.45, 2.75) is 38.8 Å². The maximum atomic E-state index is 12.1. The fourth-order valence-corrected chi connectivity index (χ4v) is 3.21. The quantitative estimate of drug-likeness (QED) is 0.781. The molecule has 1 fully saturated rings. The number of nitrogens with one attached hydrogen (secondary N) is 1. The zero-order chi connectivity index (χ0) is 18.2. The molecule has 1 aliphatic rings. The number of amides is 1. The van der Waals surface area contributed by atoms with Crippen LogP contribution in [0, 0.1) is 0 Å². The normalized spacial score (nSPS) is 17.8. The van der Waals surface area contributed by atoms with Crippen LogP contribution in [0.5, 0.6) is 0 Å². The van der Waals surface area contributed by atoms with Gasteiger partial charge in [-0.2, -0.15) is 0 Å². The Morgan fingerprint density at radius 3 is 2.84 bits per heavy atom. The number of hydrogen-bond acceptors (Lipinski definition) is 5. The van der Waals surface area contributed by atoms with E-state index < -0.39 is 5.60 Å². The van der Waals surface area contributed by atoms with Gasteiger partial charge in [-0.1, -0.05) is 23.2 Å². The number of ether oxygens (including phenoxy) is 1. The minimum atomic E-state index is -0.490. The van der Waals surface area contributed by atoms with Crippen LogP contribution in [0.4, 0.5) is 10.5 Å². The smallest absolute Gasteiger partial charge is 0.410 e. The van der Waals surface area contributed by atoms with Crippen LogP contribution >= 0.6 is 23.2 Å². The molecule has 6 nitrogen and oxygen atoms in total. The van der Waals surface area contributed by atoms with E-state index in [2.05, 4.69) is 15.3 Å². The molecular formula is C17H20Cl2N4O2. The Kier molecular flexibility index (Phi) is 4.93. The van der Waals surface area contributed by atoms with Crippen LogP contribution in [0.25, 0.3) is 11.0 Å². The highest BCUT2D eigenvalue weighted by Crippen LogP contribution is 2.27. The lowest BCUT2D eigenvalue weighted by Crippen LogP contribution is -2.36. The van der Waals surface area contributed by atoms with Gasteiger partial charge in [0.15, 0.2) is 5.65 Å². The molecule has 2 aromatic heterocycles. The Balaban J connectivity index is 1.67. The van der Waals surface area contributed by atoms with Crippen molar-refractivity contribution in [2.75, 3.05) is 18.4 Å². The van der Waals surface area contributed by atoms with Crippen LogP contribution in [0.15, 0.2) is 18.3 Å². The summed E-state index contributed by atoms with van der Waals surface area (Å²) in [6, 6.07) is 3.62. The van der Waals surface area contributed by atoms with Gasteiger partial charge in [0.2, 0.25) is 0 Å². The summed E-state index contributed by atoms with van der Waals surface area (Å²) >= 11 is 12.1. The minimum Gasteiger partial charge on any atom is -0.444 e. The Labute approximate surface area is 156 Å². The van der Waals surface area contributed by atoms with Crippen LogP contribution in [0.3, 0.4) is 0 Å². The van der Waals surface area contributed by atoms with E-state index in [0.717, 1.165) is 17.5 Å². The van der Waals surface area contributed by atoms with Gasteiger partial charge in [-0.05, 0) is 39.3 Å². The van der Waals surface area contributed by atoms with Crippen molar-refractivity contribution in [2.24, 2.45) is 0 Å². The molecule has 1 amide bonds. The van der Waals surface area contributed by atoms with Gasteiger partial charge in [0.25, 0.3) is 0 Å². The molecule has 2 aromatic rings. The SMILES string of the molecule is CC(C)(C)OC(=O)N1CCC(Nc2cnc3nc(Cl)cc(Cl)c3c2)C1. The summed E-state index contributed by atoms with van der Waals surface area (Å²) in [6.07, 6.45) is 2.25. The lowest BCUT2D eigenvalue weighted by atomic mass is 10.2. The van der Waals surface area contributed by atoms with E-state index in [4.69, 9.17) is 27.9 Å². The van der Waals surface area contributed by atoms with Crippen LogP contribution < -0.4 is 5.32 Å². The lowest BCUT2D eigenvalue weighted by molar-refractivity contribution is 0.0293. The van der Waals surface area contributed by atoms with Crippen molar-refractivity contribution in [1.82, 2.24) is 14.9 Å². The molecule has 3 rings (SSSR count). The molecule has 1 unspecified atom stereocenters. The van der Waals surface area contributed by atoms with Gasteiger partial charge in [0.05, 0.1) is 16.9 Å². The second-order valence-electron chi connectivity index (χ2n) is 7.08. The van der Waals surface area contributed by atoms with Crippen LogP contribution in [-0.2, 0) is 4.74 Å². The topological polar surface area (TPSA) is 67.3 Å². The highest BCUT2D eigenvalue weighted by Gasteiger charge is 2.29. The van der Waals surface area contributed by atoms with E-state index in [-0.39, 0.29) is 12.1 Å². The molecule has 1 aliphatic heterocycles. The molecule has 1 saturated heterocycles. The first-order chi connectivity index (χ1) is 11.7. The first-order valence-corrected chi connectivity index (χ1v) is 8.83. The second-order valence-corrected chi connectivity index (χ2v) is 7.87. The maximum Gasteiger partial charge on any atom is 0.410 e. The third kappa shape index (κ3) is 4.44. The molecule has 0 aliphatic carbocycles. The molecule has 3 heterocycles. The Hall–Kier alpha value is -1.79. The number of nitrogens with zero attached hydrogens (tertiary/aromatic N) is 3. The predicted molar refractivity (Wildman–Crippen MR) is 99.4 cm³/mol. The number of rotatable bonds is 2. The number of carbonyl (C=O) groups excluding carboxylic acids is 1. The fraction of sp³-hybridized carbons (Fsp3) is 0.471. The van der Waals surface area contributed by atoms with Gasteiger partial charge in [0, 0.05) is 24.5 Å². The zero-order valence-electron chi connectivity index (χ0n) is 14.3. The van der Waals surface area contributed by atoms with E-state index in [0.29, 0.717) is 28.9 Å². The molecular weight excluding hydrogens is 363 g/mol. The number of halogens is 2. The largest absolute Gasteiger partial charge is 0.444 e. The van der Waals surface area contributed by atoms with Gasteiger partial charge in [0.1, 0.15) is 10.8 Å². The number of aromatic nitrogens is 2. The van der Waals surface area contributed by atoms with Crippen molar-refractivity contribution in [3.8, 4) is 0 Å². The fourth-order valence-electron chi connectivity index (χ4n) is 2.72. The third-order valence-corrected chi connectivity index (χ3v) is 4.30. The van der Waals surface area contributed by atoms with E-state index in [9.17, 15) is 4.79 Å². The molecule has 0 spiro atoms. The summed E-state index contributed by atoms with van der Waals surface area (Å²) in [5.41, 5.74) is 0.843. The summed E-state index contributed by atoms with van der Waals surface area (Å²) in [4.78, 5) is 22.3. The van der Waals surface area contributed by atoms with E-state index in [1.165, 1.54) is 0 Å². The van der Waals surface area contributed by atoms with Crippen molar-refractivity contribution < 1.29 is 9.53 Å². The number of pyridine rings is 2. The molecule has 0 aromatic carbocycles. The van der Waals surface area contributed by atoms with Crippen LogP contribution in [0.2, 0.25) is 10.2 Å². The highest BCUT2D eigenvalue weighted by molar-refractivity contribution is 6.37. The number of carbonyl (C=O) groups is 1. The molecule has 25 heavy (non-hydrogen) atoms. The molecule has 0 bridgehead atoms. The minimum absolute atomic E-state index is 0.130. The second kappa shape index (κ2) is 6.84. The van der Waals surface area contributed by atoms with Gasteiger partial charge in [-0.15, -0.1) is 0 Å². The molecule has 1 N–H and O–H groups in total. The summed E-state index contributed by atoms with van der Waals surface area (Å²) < 4.78 is 5.41. The first-order valence-electron chi connectivity index (χ1n) is 8.07. The van der Waals surface area contributed by atoms with Crippen LogP contribution in [0.1, 0.15) is 27.2 Å². The van der Waals surface area contributed by atoms with Crippen molar-refractivity contribution in [3.05, 3.63) is 28.5 Å². The predicted octanol–water partition coefficient (Wildman–Crippen LogP) is 4.36. The lowest BCUT2D eigenvalue weighted by Gasteiger charge is -2.24. The number of likely N-dealkylation sites (tertiary alicyclic amines) is 1. The highest BCUT2D eigenvalue weighted by atomic mass is 35.5. The first kappa shape index (κ1) is 18.0. The standard InChI is InChI=1S/C17H20Cl2N4O2/c1-17(2,3)25-16(24)23-5-4-10(9-23)21-11-6-12-13(18)7-14(19)22-15(12)20-8-11/h6-8,10,21H,4-5,9H2,1-3H3. The van der Waals surface area contributed by atoms with Gasteiger partial charge >= 0.3 is 6.09 Å². The Bertz CT molecular complexity index is 807. The molecule has 8 heteroatoms. The third-order valence-electron chi connectivity index (χ3n) is 3.79. The average Bonchev–Trinajstić information content (AvgIpc) is 2.95. The van der Waals surface area contributed by atoms with Crippen molar-refractivity contribution >= 4 is 46.0 Å². The number of hydrogen-bond donors (Lipinski definition) is 1. The molecule has 134 valence electrons. The van der Waals surface area contributed by atoms with Gasteiger partial charge < -0.3 is 15.0 Å². The Morgan fingerprint density at radius 2 is 2.12 bits per heavy atom. The summed E-state index contributed by atoms with van der Waals surface area (Å²) in [7, 11) is 0. The summed E-state index contributed by atoms with van der Waals surface area (Å²) in [5, 5.41) is 4.95. The number of fused-ring (bicyclic) bond motifs is 1. The summed E-state index contributed by atoms with van der Waals surface area (Å²) in [6.45, 7) is 6.83. The zero-order valence-corrected chi connectivity index (χ0v) is 15.9. The maximum absolute atomic E-state index is 12.1. The van der Waals surface area contributed by atoms with Crippen molar-refractivity contribution in [1.29, 1.82) is 0 Å². The summed E-state index contributed by atoms with van der Waals surface area (Å²) in [5.74, 6) is 0. The van der Waals surface area contributed by atoms with Crippen LogP contribution in [-0.4, -0.2) is 45.7 Å². The monoisotopic (exact) mass is 382 g/mol. The Morgan fingerprint density at radius 1 is 1.36 bits per heavy atom. The van der Waals surface area contributed by atoms with Gasteiger partial charge in [-0.25, -0.2) is 14.8 Å². The molecule has 0 radical (unpaired) electrons. The van der Waals surface area contributed by atoms with E-state index >= 15 is 0 Å². The van der Waals surface area contributed by atoms with Gasteiger partial charge in [-0.3, -0.25) is 0 Å². The van der Waals surface area contributed by atoms with E-state index in [1.54, 1.807) is 17.2 Å². The molecule has 0 saturated carbocycles. The average molecular weight is 383 g/mol. The van der Waals surface area contributed by atoms with Crippen molar-refractivity contribution in [3.63, 3.8) is 0 Å². The van der Waals surface area contributed by atoms with E-state index in [1.807, 2.05) is 26.8 Å². The molecule has 1 atom stereocenters.